The zero-order valence-electron chi connectivity index (χ0n) is 18.6. The predicted molar refractivity (Wildman–Crippen MR) is 130 cm³/mol. The molecule has 0 bridgehead atoms. The van der Waals surface area contributed by atoms with Crippen molar-refractivity contribution in [3.05, 3.63) is 66.5 Å². The van der Waals surface area contributed by atoms with Crippen LogP contribution in [-0.2, 0) is 15.9 Å². The molecule has 4 rings (SSSR count). The minimum Gasteiger partial charge on any atom is -0.480 e. The van der Waals surface area contributed by atoms with Crippen molar-refractivity contribution in [2.45, 2.75) is 31.0 Å². The number of carbonyl (C=O) groups is 1. The number of carboxylic acid groups (broad SMARTS) is 1. The van der Waals surface area contributed by atoms with E-state index in [2.05, 4.69) is 17.1 Å². The standard InChI is InChI=1S/C25H30N3O4P/c26-12-4-3-11-25(24(29)30)18-28(14-15-33(25,31)32)17-20-6-1-2-8-21(20)23-9-5-7-19-16-27-13-10-22(19)23/h1-2,5-10,13,16H,3-4,11-12,14-15,17-18,26H2,(H,29,30)(H,31,32)/t25-/m0/s1. The van der Waals surface area contributed by atoms with Gasteiger partial charge in [-0.15, -0.1) is 0 Å². The fraction of sp³-hybridized carbons (Fsp3) is 0.360. The Morgan fingerprint density at radius 2 is 1.91 bits per heavy atom. The van der Waals surface area contributed by atoms with E-state index in [1.165, 1.54) is 0 Å². The van der Waals surface area contributed by atoms with Gasteiger partial charge in [-0.05, 0) is 47.5 Å². The summed E-state index contributed by atoms with van der Waals surface area (Å²) in [6.07, 6.45) is 4.90. The maximum atomic E-state index is 13.1. The second-order valence-electron chi connectivity index (χ2n) is 8.78. The van der Waals surface area contributed by atoms with Crippen LogP contribution in [0.5, 0.6) is 0 Å². The lowest BCUT2D eigenvalue weighted by molar-refractivity contribution is -0.141. The molecular weight excluding hydrogens is 437 g/mol. The monoisotopic (exact) mass is 467 g/mol. The maximum Gasteiger partial charge on any atom is 0.320 e. The highest BCUT2D eigenvalue weighted by molar-refractivity contribution is 7.61. The molecule has 0 radical (unpaired) electrons. The number of fused-ring (bicyclic) bond motifs is 1. The van der Waals surface area contributed by atoms with Crippen LogP contribution in [0.3, 0.4) is 0 Å². The van der Waals surface area contributed by atoms with Crippen LogP contribution in [0.1, 0.15) is 24.8 Å². The van der Waals surface area contributed by atoms with E-state index >= 15 is 0 Å². The van der Waals surface area contributed by atoms with Crippen LogP contribution < -0.4 is 5.73 Å². The molecule has 0 spiro atoms. The van der Waals surface area contributed by atoms with E-state index in [9.17, 15) is 19.4 Å². The number of benzene rings is 2. The Labute approximate surface area is 193 Å². The summed E-state index contributed by atoms with van der Waals surface area (Å²) in [6.45, 7) is 1.37. The third-order valence-corrected chi connectivity index (χ3v) is 9.40. The van der Waals surface area contributed by atoms with E-state index < -0.39 is 18.5 Å². The van der Waals surface area contributed by atoms with Gasteiger partial charge in [-0.2, -0.15) is 0 Å². The molecule has 0 saturated carbocycles. The smallest absolute Gasteiger partial charge is 0.320 e. The van der Waals surface area contributed by atoms with Crippen molar-refractivity contribution in [2.75, 3.05) is 25.8 Å². The van der Waals surface area contributed by atoms with Crippen LogP contribution in [0.4, 0.5) is 0 Å². The van der Waals surface area contributed by atoms with Crippen LogP contribution in [0.25, 0.3) is 21.9 Å². The van der Waals surface area contributed by atoms with Crippen LogP contribution in [0.2, 0.25) is 0 Å². The number of nitrogens with two attached hydrogens (primary N) is 1. The number of carboxylic acids is 1. The van der Waals surface area contributed by atoms with E-state index in [1.54, 1.807) is 6.20 Å². The van der Waals surface area contributed by atoms with Gasteiger partial charge in [-0.25, -0.2) is 0 Å². The summed E-state index contributed by atoms with van der Waals surface area (Å²) in [6, 6.07) is 16.2. The number of unbranched alkanes of at least 4 members (excludes halogenated alkanes) is 1. The summed E-state index contributed by atoms with van der Waals surface area (Å²) < 4.78 is 13.1. The first-order valence-corrected chi connectivity index (χ1v) is 13.1. The maximum absolute atomic E-state index is 13.1. The van der Waals surface area contributed by atoms with E-state index in [0.29, 0.717) is 32.5 Å². The van der Waals surface area contributed by atoms with Gasteiger partial charge >= 0.3 is 5.97 Å². The van der Waals surface area contributed by atoms with Crippen molar-refractivity contribution in [1.82, 2.24) is 9.88 Å². The highest BCUT2D eigenvalue weighted by Crippen LogP contribution is 2.59. The molecule has 2 heterocycles. The van der Waals surface area contributed by atoms with Crippen LogP contribution in [-0.4, -0.2) is 56.8 Å². The molecule has 7 nitrogen and oxygen atoms in total. The minimum absolute atomic E-state index is 0.0238. The molecule has 0 aliphatic carbocycles. The highest BCUT2D eigenvalue weighted by atomic mass is 31.2. The number of hydrogen-bond donors (Lipinski definition) is 3. The molecule has 1 saturated heterocycles. The Kier molecular flexibility index (Phi) is 6.96. The number of aromatic nitrogens is 1. The van der Waals surface area contributed by atoms with Crippen molar-refractivity contribution < 1.29 is 19.4 Å². The first-order valence-electron chi connectivity index (χ1n) is 11.3. The summed E-state index contributed by atoms with van der Waals surface area (Å²) in [5, 5.41) is 10.6. The summed E-state index contributed by atoms with van der Waals surface area (Å²) in [4.78, 5) is 29.2. The first kappa shape index (κ1) is 23.6. The quantitative estimate of drug-likeness (QED) is 0.339. The van der Waals surface area contributed by atoms with Gasteiger partial charge in [0.1, 0.15) is 0 Å². The summed E-state index contributed by atoms with van der Waals surface area (Å²) in [5.74, 6) is -1.19. The summed E-state index contributed by atoms with van der Waals surface area (Å²) >= 11 is 0. The third-order valence-electron chi connectivity index (χ3n) is 6.70. The predicted octanol–water partition coefficient (Wildman–Crippen LogP) is 3.94. The first-order chi connectivity index (χ1) is 15.9. The zero-order chi connectivity index (χ0) is 23.5. The van der Waals surface area contributed by atoms with Gasteiger partial charge in [0, 0.05) is 43.6 Å². The summed E-state index contributed by atoms with van der Waals surface area (Å²) in [7, 11) is -3.86. The topological polar surface area (TPSA) is 117 Å². The largest absolute Gasteiger partial charge is 0.480 e. The van der Waals surface area contributed by atoms with Crippen molar-refractivity contribution in [3.8, 4) is 11.1 Å². The molecule has 33 heavy (non-hydrogen) atoms. The van der Waals surface area contributed by atoms with Gasteiger partial charge in [0.05, 0.1) is 0 Å². The molecule has 1 unspecified atom stereocenters. The summed E-state index contributed by atoms with van der Waals surface area (Å²) in [5.41, 5.74) is 8.78. The molecule has 1 fully saturated rings. The van der Waals surface area contributed by atoms with Crippen LogP contribution in [0.15, 0.2) is 60.9 Å². The molecule has 4 N–H and O–H groups in total. The van der Waals surface area contributed by atoms with Gasteiger partial charge in [0.25, 0.3) is 0 Å². The Morgan fingerprint density at radius 1 is 1.12 bits per heavy atom. The molecule has 2 aromatic carbocycles. The van der Waals surface area contributed by atoms with Gasteiger partial charge in [0.15, 0.2) is 5.16 Å². The van der Waals surface area contributed by atoms with E-state index in [1.807, 2.05) is 47.5 Å². The third kappa shape index (κ3) is 4.59. The Hall–Kier alpha value is -2.57. The van der Waals surface area contributed by atoms with Gasteiger partial charge in [-0.1, -0.05) is 48.9 Å². The van der Waals surface area contributed by atoms with Crippen molar-refractivity contribution in [1.29, 1.82) is 0 Å². The fourth-order valence-corrected chi connectivity index (χ4v) is 7.05. The van der Waals surface area contributed by atoms with Crippen molar-refractivity contribution in [3.63, 3.8) is 0 Å². The Balaban J connectivity index is 1.66. The molecule has 1 aliphatic heterocycles. The molecular formula is C25H30N3O4P. The fourth-order valence-electron chi connectivity index (χ4n) is 4.84. The molecule has 3 aromatic rings. The zero-order valence-corrected chi connectivity index (χ0v) is 19.5. The molecule has 2 atom stereocenters. The molecule has 1 aromatic heterocycles. The minimum atomic E-state index is -3.86. The molecule has 174 valence electrons. The van der Waals surface area contributed by atoms with E-state index in [4.69, 9.17) is 5.73 Å². The average Bonchev–Trinajstić information content (AvgIpc) is 2.81. The lowest BCUT2D eigenvalue weighted by Crippen LogP contribution is -2.53. The van der Waals surface area contributed by atoms with Crippen LogP contribution in [0, 0.1) is 0 Å². The van der Waals surface area contributed by atoms with Gasteiger partial charge in [0.2, 0.25) is 7.37 Å². The number of aliphatic carboxylic acids is 1. The lowest BCUT2D eigenvalue weighted by Gasteiger charge is -2.43. The lowest BCUT2D eigenvalue weighted by atomic mass is 9.94. The number of hydrogen-bond acceptors (Lipinski definition) is 5. The molecule has 1 aliphatic rings. The van der Waals surface area contributed by atoms with Crippen molar-refractivity contribution >= 4 is 24.1 Å². The molecule has 0 amide bonds. The number of pyridine rings is 1. The SMILES string of the molecule is NCCCC[C@@]1(C(=O)O)CN(Cc2ccccc2-c2cccc3cnccc23)CCP1(=O)O. The van der Waals surface area contributed by atoms with E-state index in [0.717, 1.165) is 27.5 Å². The second kappa shape index (κ2) is 9.74. The number of nitrogens with zero attached hydrogens (tertiary/aromatic N) is 2. The number of rotatable bonds is 8. The van der Waals surface area contributed by atoms with Gasteiger partial charge < -0.3 is 15.7 Å². The normalized spacial score (nSPS) is 23.6. The van der Waals surface area contributed by atoms with Crippen molar-refractivity contribution in [2.24, 2.45) is 5.73 Å². The van der Waals surface area contributed by atoms with E-state index in [-0.39, 0.29) is 19.1 Å². The average molecular weight is 468 g/mol. The molecule has 8 heteroatoms. The Morgan fingerprint density at radius 3 is 2.70 bits per heavy atom. The Bertz CT molecular complexity index is 1200. The van der Waals surface area contributed by atoms with Crippen LogP contribution >= 0.6 is 7.37 Å². The second-order valence-corrected chi connectivity index (χ2v) is 11.5. The highest BCUT2D eigenvalue weighted by Gasteiger charge is 2.56. The van der Waals surface area contributed by atoms with Gasteiger partial charge in [-0.3, -0.25) is 19.2 Å².